The second-order valence-corrected chi connectivity index (χ2v) is 3.58. The predicted molar refractivity (Wildman–Crippen MR) is 43.2 cm³/mol. The summed E-state index contributed by atoms with van der Waals surface area (Å²) in [4.78, 5) is 10.7. The van der Waals surface area contributed by atoms with Crippen molar-refractivity contribution in [3.05, 3.63) is 0 Å². The molecule has 0 spiro atoms. The Kier molecular flexibility index (Phi) is 3.53. The van der Waals surface area contributed by atoms with Crippen molar-refractivity contribution in [3.63, 3.8) is 0 Å². The first-order valence-corrected chi connectivity index (χ1v) is 4.76. The number of nitrogens with two attached hydrogens (primary N) is 1. The summed E-state index contributed by atoms with van der Waals surface area (Å²) >= 11 is 0. The maximum Gasteiger partial charge on any atom is 0.129 e. The number of carbonyl (C=O) groups is 1. The van der Waals surface area contributed by atoms with E-state index in [1.165, 1.54) is 19.3 Å². The summed E-state index contributed by atoms with van der Waals surface area (Å²) in [5.74, 6) is -0.557. The van der Waals surface area contributed by atoms with Crippen molar-refractivity contribution in [1.29, 1.82) is 0 Å². The highest BCUT2D eigenvalue weighted by Gasteiger charge is 2.25. The van der Waals surface area contributed by atoms with Crippen molar-refractivity contribution in [1.82, 2.24) is 0 Å². The second-order valence-electron chi connectivity index (χ2n) is 3.58. The van der Waals surface area contributed by atoms with Gasteiger partial charge in [0.1, 0.15) is 6.04 Å². The van der Waals surface area contributed by atoms with Crippen molar-refractivity contribution in [2.45, 2.75) is 38.1 Å². The van der Waals surface area contributed by atoms with Gasteiger partial charge in [-0.25, -0.2) is 0 Å². The van der Waals surface area contributed by atoms with Gasteiger partial charge in [-0.2, -0.15) is 0 Å². The molecule has 0 aromatic carbocycles. The zero-order chi connectivity index (χ0) is 8.97. The summed E-state index contributed by atoms with van der Waals surface area (Å²) in [6, 6.07) is -0.315. The molecule has 3 heteroatoms. The number of carboxylic acids is 1. The Morgan fingerprint density at radius 1 is 1.42 bits per heavy atom. The van der Waals surface area contributed by atoms with E-state index >= 15 is 0 Å². The number of carboxylic acid groups (broad SMARTS) is 1. The van der Waals surface area contributed by atoms with Crippen LogP contribution in [0.5, 0.6) is 0 Å². The van der Waals surface area contributed by atoms with Crippen LogP contribution in [0, 0.1) is 5.92 Å². The fraction of sp³-hybridized carbons (Fsp3) is 0.889. The molecule has 1 saturated carbocycles. The van der Waals surface area contributed by atoms with E-state index in [1.54, 1.807) is 5.32 Å². The molecule has 0 saturated heterocycles. The summed E-state index contributed by atoms with van der Waals surface area (Å²) in [5.41, 5.74) is 0. The van der Waals surface area contributed by atoms with E-state index in [4.69, 9.17) is 0 Å². The number of aliphatic carboxylic acids is 1. The minimum absolute atomic E-state index is 0.315. The quantitative estimate of drug-likeness (QED) is 0.584. The second kappa shape index (κ2) is 4.45. The highest BCUT2D eigenvalue weighted by molar-refractivity contribution is 5.69. The van der Waals surface area contributed by atoms with Gasteiger partial charge >= 0.3 is 0 Å². The van der Waals surface area contributed by atoms with Gasteiger partial charge in [0.2, 0.25) is 0 Å². The van der Waals surface area contributed by atoms with E-state index in [2.05, 4.69) is 0 Å². The average Bonchev–Trinajstić information content (AvgIpc) is 2.07. The predicted octanol–water partition coefficient (Wildman–Crippen LogP) is -1.12. The van der Waals surface area contributed by atoms with Gasteiger partial charge < -0.3 is 15.2 Å². The summed E-state index contributed by atoms with van der Waals surface area (Å²) < 4.78 is 0. The molecule has 2 N–H and O–H groups in total. The SMILES string of the molecule is C[NH2+][C@H](C(=O)[O-])C1CCCCC1. The first kappa shape index (κ1) is 9.52. The molecule has 1 aliphatic carbocycles. The first-order chi connectivity index (χ1) is 5.75. The van der Waals surface area contributed by atoms with E-state index in [0.717, 1.165) is 12.8 Å². The van der Waals surface area contributed by atoms with Crippen molar-refractivity contribution in [2.75, 3.05) is 7.05 Å². The molecule has 1 fully saturated rings. The van der Waals surface area contributed by atoms with Gasteiger partial charge in [0, 0.05) is 5.92 Å². The van der Waals surface area contributed by atoms with Crippen LogP contribution in [0.25, 0.3) is 0 Å². The van der Waals surface area contributed by atoms with Crippen molar-refractivity contribution in [3.8, 4) is 0 Å². The molecule has 1 rings (SSSR count). The summed E-state index contributed by atoms with van der Waals surface area (Å²) in [5, 5.41) is 12.5. The van der Waals surface area contributed by atoms with Gasteiger partial charge in [-0.1, -0.05) is 19.3 Å². The van der Waals surface area contributed by atoms with Crippen LogP contribution in [-0.2, 0) is 4.79 Å². The van der Waals surface area contributed by atoms with Gasteiger partial charge in [0.05, 0.1) is 13.0 Å². The van der Waals surface area contributed by atoms with E-state index in [-0.39, 0.29) is 6.04 Å². The van der Waals surface area contributed by atoms with Crippen LogP contribution in [-0.4, -0.2) is 19.1 Å². The molecule has 1 aliphatic rings. The van der Waals surface area contributed by atoms with Gasteiger partial charge in [-0.3, -0.25) is 0 Å². The number of quaternary nitrogens is 1. The van der Waals surface area contributed by atoms with Crippen LogP contribution in [0.3, 0.4) is 0 Å². The van der Waals surface area contributed by atoms with Crippen LogP contribution in [0.15, 0.2) is 0 Å². The first-order valence-electron chi connectivity index (χ1n) is 4.76. The topological polar surface area (TPSA) is 56.7 Å². The molecule has 0 bridgehead atoms. The molecular formula is C9H17NO2. The van der Waals surface area contributed by atoms with Crippen molar-refractivity contribution in [2.24, 2.45) is 5.92 Å². The zero-order valence-corrected chi connectivity index (χ0v) is 7.58. The third-order valence-electron chi connectivity index (χ3n) is 2.79. The lowest BCUT2D eigenvalue weighted by atomic mass is 9.84. The van der Waals surface area contributed by atoms with Gasteiger partial charge in [0.25, 0.3) is 0 Å². The third-order valence-corrected chi connectivity index (χ3v) is 2.79. The minimum Gasteiger partial charge on any atom is -0.544 e. The van der Waals surface area contributed by atoms with Crippen LogP contribution in [0.1, 0.15) is 32.1 Å². The number of rotatable bonds is 3. The number of carbonyl (C=O) groups excluding carboxylic acids is 1. The summed E-state index contributed by atoms with van der Waals surface area (Å²) in [6.45, 7) is 0. The maximum atomic E-state index is 10.7. The van der Waals surface area contributed by atoms with E-state index < -0.39 is 5.97 Å². The number of hydrogen-bond donors (Lipinski definition) is 1. The summed E-state index contributed by atoms with van der Waals surface area (Å²) in [7, 11) is 1.81. The third kappa shape index (κ3) is 2.21. The van der Waals surface area contributed by atoms with Gasteiger partial charge in [0.15, 0.2) is 0 Å². The minimum atomic E-state index is -0.899. The highest BCUT2D eigenvalue weighted by atomic mass is 16.4. The zero-order valence-electron chi connectivity index (χ0n) is 7.58. The molecule has 0 heterocycles. The van der Waals surface area contributed by atoms with E-state index in [0.29, 0.717) is 5.92 Å². The summed E-state index contributed by atoms with van der Waals surface area (Å²) in [6.07, 6.45) is 5.75. The Bertz CT molecular complexity index is 153. The number of hydrogen-bond acceptors (Lipinski definition) is 2. The molecule has 0 amide bonds. The highest BCUT2D eigenvalue weighted by Crippen LogP contribution is 2.24. The van der Waals surface area contributed by atoms with Crippen LogP contribution in [0.2, 0.25) is 0 Å². The average molecular weight is 171 g/mol. The van der Waals surface area contributed by atoms with Crippen LogP contribution >= 0.6 is 0 Å². The molecule has 70 valence electrons. The van der Waals surface area contributed by atoms with Gasteiger partial charge in [-0.05, 0) is 12.8 Å². The Labute approximate surface area is 73.2 Å². The van der Waals surface area contributed by atoms with Crippen molar-refractivity contribution < 1.29 is 15.2 Å². The van der Waals surface area contributed by atoms with Crippen molar-refractivity contribution >= 4 is 5.97 Å². The lowest BCUT2D eigenvalue weighted by molar-refractivity contribution is -0.665. The molecule has 1 atom stereocenters. The lowest BCUT2D eigenvalue weighted by Gasteiger charge is -2.27. The molecule has 0 aliphatic heterocycles. The normalized spacial score (nSPS) is 22.1. The van der Waals surface area contributed by atoms with E-state index in [9.17, 15) is 9.90 Å². The Balaban J connectivity index is 2.46. The molecular weight excluding hydrogens is 154 g/mol. The lowest BCUT2D eigenvalue weighted by Crippen LogP contribution is -2.91. The molecule has 0 aromatic heterocycles. The van der Waals surface area contributed by atoms with Gasteiger partial charge in [-0.15, -0.1) is 0 Å². The molecule has 0 unspecified atom stereocenters. The largest absolute Gasteiger partial charge is 0.544 e. The Morgan fingerprint density at radius 3 is 2.42 bits per heavy atom. The van der Waals surface area contributed by atoms with E-state index in [1.807, 2.05) is 7.05 Å². The Hall–Kier alpha value is -0.570. The standard InChI is InChI=1S/C9H17NO2/c1-10-8(9(11)12)7-5-3-2-4-6-7/h7-8,10H,2-6H2,1H3,(H,11,12)/t8-/m0/s1. The Morgan fingerprint density at radius 2 is 2.00 bits per heavy atom. The fourth-order valence-corrected chi connectivity index (χ4v) is 2.09. The molecule has 0 radical (unpaired) electrons. The molecule has 3 nitrogen and oxygen atoms in total. The fourth-order valence-electron chi connectivity index (χ4n) is 2.09. The number of likely N-dealkylation sites (N-methyl/N-ethyl adjacent to an activating group) is 1. The van der Waals surface area contributed by atoms with Crippen LogP contribution < -0.4 is 10.4 Å². The smallest absolute Gasteiger partial charge is 0.129 e. The molecule has 0 aromatic rings. The molecule has 12 heavy (non-hydrogen) atoms. The maximum absolute atomic E-state index is 10.7. The van der Waals surface area contributed by atoms with Crippen LogP contribution in [0.4, 0.5) is 0 Å². The monoisotopic (exact) mass is 171 g/mol.